The molecule has 1 aromatic heterocycles. The molecule has 3 N–H and O–H groups in total. The van der Waals surface area contributed by atoms with Crippen LogP contribution in [0.15, 0.2) is 17.2 Å². The van der Waals surface area contributed by atoms with Gasteiger partial charge in [0.2, 0.25) is 10.0 Å². The summed E-state index contributed by atoms with van der Waals surface area (Å²) in [5, 5.41) is 19.0. The number of hydrogen-bond acceptors (Lipinski definition) is 4. The van der Waals surface area contributed by atoms with E-state index < -0.39 is 28.1 Å². The molecule has 1 heterocycles. The molecule has 21 heavy (non-hydrogen) atoms. The number of aliphatic hydroxyl groups is 1. The van der Waals surface area contributed by atoms with Crippen molar-refractivity contribution in [1.29, 1.82) is 0 Å². The number of carboxylic acids is 1. The summed E-state index contributed by atoms with van der Waals surface area (Å²) in [5.74, 6) is -1.19. The minimum Gasteiger partial charge on any atom is -0.477 e. The van der Waals surface area contributed by atoms with E-state index in [4.69, 9.17) is 5.11 Å². The van der Waals surface area contributed by atoms with E-state index in [1.807, 2.05) is 0 Å². The molecule has 2 rings (SSSR count). The maximum absolute atomic E-state index is 12.3. The molecule has 1 fully saturated rings. The van der Waals surface area contributed by atoms with Gasteiger partial charge in [-0.05, 0) is 18.9 Å². The molecule has 1 saturated carbocycles. The second-order valence-electron chi connectivity index (χ2n) is 5.41. The molecule has 2 atom stereocenters. The summed E-state index contributed by atoms with van der Waals surface area (Å²) in [6.07, 6.45) is 4.43. The second kappa shape index (κ2) is 6.17. The smallest absolute Gasteiger partial charge is 0.352 e. The summed E-state index contributed by atoms with van der Waals surface area (Å²) in [4.78, 5) is 10.9. The molecule has 1 aromatic rings. The zero-order chi connectivity index (χ0) is 15.6. The van der Waals surface area contributed by atoms with Gasteiger partial charge in [0, 0.05) is 19.3 Å². The van der Waals surface area contributed by atoms with Crippen LogP contribution in [0.4, 0.5) is 0 Å². The predicted octanol–water partition coefficient (Wildman–Crippen LogP) is 0.695. The largest absolute Gasteiger partial charge is 0.477 e. The Morgan fingerprint density at radius 1 is 1.33 bits per heavy atom. The summed E-state index contributed by atoms with van der Waals surface area (Å²) in [6.45, 7) is 0. The first-order valence-electron chi connectivity index (χ1n) is 6.91. The summed E-state index contributed by atoms with van der Waals surface area (Å²) in [7, 11) is -2.36. The Hall–Kier alpha value is -1.38. The van der Waals surface area contributed by atoms with Gasteiger partial charge in [-0.2, -0.15) is 0 Å². The Kier molecular flexibility index (Phi) is 4.70. The van der Waals surface area contributed by atoms with Crippen molar-refractivity contribution in [2.75, 3.05) is 0 Å². The molecule has 0 amide bonds. The molecular weight excluding hydrogens is 296 g/mol. The first kappa shape index (κ1) is 16.0. The Labute approximate surface area is 123 Å². The van der Waals surface area contributed by atoms with Crippen LogP contribution in [0.1, 0.15) is 42.6 Å². The van der Waals surface area contributed by atoms with E-state index in [9.17, 15) is 18.3 Å². The predicted molar refractivity (Wildman–Crippen MR) is 75.6 cm³/mol. The lowest BCUT2D eigenvalue weighted by atomic mass is 10.1. The number of rotatable bonds is 4. The Morgan fingerprint density at radius 3 is 2.62 bits per heavy atom. The molecule has 118 valence electrons. The van der Waals surface area contributed by atoms with E-state index in [-0.39, 0.29) is 10.6 Å². The number of carboxylic acid groups (broad SMARTS) is 1. The number of aryl methyl sites for hydroxylation is 1. The minimum absolute atomic E-state index is 0.0983. The Balaban J connectivity index is 2.21. The number of hydrogen-bond donors (Lipinski definition) is 3. The Morgan fingerprint density at radius 2 is 2.00 bits per heavy atom. The number of nitrogens with one attached hydrogen (secondary N) is 1. The van der Waals surface area contributed by atoms with Gasteiger partial charge >= 0.3 is 5.97 Å². The fraction of sp³-hybridized carbons (Fsp3) is 0.615. The molecule has 2 unspecified atom stereocenters. The van der Waals surface area contributed by atoms with Gasteiger partial charge in [-0.25, -0.2) is 17.9 Å². The average molecular weight is 316 g/mol. The fourth-order valence-electron chi connectivity index (χ4n) is 2.59. The van der Waals surface area contributed by atoms with Gasteiger partial charge in [0.05, 0.1) is 6.10 Å². The SMILES string of the molecule is Cn1cc(S(=O)(=O)NC2CCCCCC2O)cc1C(=O)O. The number of aromatic carboxylic acids is 1. The first-order chi connectivity index (χ1) is 9.81. The molecule has 0 bridgehead atoms. The van der Waals surface area contributed by atoms with Crippen molar-refractivity contribution in [3.05, 3.63) is 18.0 Å². The molecule has 0 aromatic carbocycles. The third-order valence-corrected chi connectivity index (χ3v) is 5.25. The van der Waals surface area contributed by atoms with Crippen molar-refractivity contribution in [1.82, 2.24) is 9.29 Å². The minimum atomic E-state index is -3.84. The van der Waals surface area contributed by atoms with Crippen molar-refractivity contribution in [3.63, 3.8) is 0 Å². The maximum Gasteiger partial charge on any atom is 0.352 e. The molecule has 1 aliphatic rings. The van der Waals surface area contributed by atoms with E-state index in [1.54, 1.807) is 0 Å². The lowest BCUT2D eigenvalue weighted by Gasteiger charge is -2.21. The van der Waals surface area contributed by atoms with Crippen LogP contribution in [-0.2, 0) is 17.1 Å². The number of carbonyl (C=O) groups is 1. The quantitative estimate of drug-likeness (QED) is 0.708. The van der Waals surface area contributed by atoms with Crippen LogP contribution in [0.3, 0.4) is 0 Å². The van der Waals surface area contributed by atoms with E-state index in [2.05, 4.69) is 4.72 Å². The third kappa shape index (κ3) is 3.63. The van der Waals surface area contributed by atoms with Gasteiger partial charge in [-0.3, -0.25) is 0 Å². The standard InChI is InChI=1S/C13H20N2O5S/c1-15-8-9(7-11(15)13(17)18)21(19,20)14-10-5-3-2-4-6-12(10)16/h7-8,10,12,14,16H,2-6H2,1H3,(H,17,18). The van der Waals surface area contributed by atoms with Gasteiger partial charge in [0.1, 0.15) is 10.6 Å². The average Bonchev–Trinajstić information content (AvgIpc) is 2.69. The monoisotopic (exact) mass is 316 g/mol. The van der Waals surface area contributed by atoms with E-state index in [0.29, 0.717) is 12.8 Å². The highest BCUT2D eigenvalue weighted by Crippen LogP contribution is 2.21. The van der Waals surface area contributed by atoms with Crippen LogP contribution in [0.25, 0.3) is 0 Å². The van der Waals surface area contributed by atoms with Gasteiger partial charge in [0.15, 0.2) is 0 Å². The maximum atomic E-state index is 12.3. The van der Waals surface area contributed by atoms with Crippen LogP contribution >= 0.6 is 0 Å². The summed E-state index contributed by atoms with van der Waals surface area (Å²) >= 11 is 0. The molecule has 1 aliphatic carbocycles. The van der Waals surface area contributed by atoms with Gasteiger partial charge in [-0.1, -0.05) is 19.3 Å². The topological polar surface area (TPSA) is 109 Å². The van der Waals surface area contributed by atoms with Crippen molar-refractivity contribution in [2.24, 2.45) is 7.05 Å². The zero-order valence-electron chi connectivity index (χ0n) is 11.8. The summed E-state index contributed by atoms with van der Waals surface area (Å²) < 4.78 is 28.4. The van der Waals surface area contributed by atoms with Crippen molar-refractivity contribution < 1.29 is 23.4 Å². The molecule has 0 radical (unpaired) electrons. The van der Waals surface area contributed by atoms with Crippen LogP contribution in [0, 0.1) is 0 Å². The van der Waals surface area contributed by atoms with E-state index in [0.717, 1.165) is 25.3 Å². The normalized spacial score (nSPS) is 23.7. The van der Waals surface area contributed by atoms with Crippen molar-refractivity contribution >= 4 is 16.0 Å². The van der Waals surface area contributed by atoms with Crippen LogP contribution < -0.4 is 4.72 Å². The second-order valence-corrected chi connectivity index (χ2v) is 7.12. The number of sulfonamides is 1. The molecule has 7 nitrogen and oxygen atoms in total. The molecule has 0 saturated heterocycles. The third-order valence-electron chi connectivity index (χ3n) is 3.80. The van der Waals surface area contributed by atoms with E-state index >= 15 is 0 Å². The first-order valence-corrected chi connectivity index (χ1v) is 8.39. The lowest BCUT2D eigenvalue weighted by molar-refractivity contribution is 0.0686. The Bertz CT molecular complexity index is 623. The highest BCUT2D eigenvalue weighted by Gasteiger charge is 2.28. The van der Waals surface area contributed by atoms with Crippen LogP contribution in [0.5, 0.6) is 0 Å². The highest BCUT2D eigenvalue weighted by molar-refractivity contribution is 7.89. The van der Waals surface area contributed by atoms with Crippen molar-refractivity contribution in [2.45, 2.75) is 49.1 Å². The van der Waals surface area contributed by atoms with Gasteiger partial charge in [-0.15, -0.1) is 0 Å². The van der Waals surface area contributed by atoms with E-state index in [1.165, 1.54) is 17.8 Å². The molecule has 0 aliphatic heterocycles. The number of nitrogens with zero attached hydrogens (tertiary/aromatic N) is 1. The highest BCUT2D eigenvalue weighted by atomic mass is 32.2. The zero-order valence-corrected chi connectivity index (χ0v) is 12.6. The van der Waals surface area contributed by atoms with Crippen LogP contribution in [0.2, 0.25) is 0 Å². The van der Waals surface area contributed by atoms with Crippen molar-refractivity contribution in [3.8, 4) is 0 Å². The molecule has 8 heteroatoms. The summed E-state index contributed by atoms with van der Waals surface area (Å²) in [5.41, 5.74) is -0.100. The van der Waals surface area contributed by atoms with Gasteiger partial charge < -0.3 is 14.8 Å². The number of aliphatic hydroxyl groups excluding tert-OH is 1. The fourth-order valence-corrected chi connectivity index (χ4v) is 3.96. The van der Waals surface area contributed by atoms with Gasteiger partial charge in [0.25, 0.3) is 0 Å². The molecule has 0 spiro atoms. The van der Waals surface area contributed by atoms with Crippen LogP contribution in [-0.4, -0.2) is 41.3 Å². The lowest BCUT2D eigenvalue weighted by Crippen LogP contribution is -2.42. The number of aromatic nitrogens is 1. The summed E-state index contributed by atoms with van der Waals surface area (Å²) in [6, 6.07) is 0.597. The molecular formula is C13H20N2O5S.